The van der Waals surface area contributed by atoms with Gasteiger partial charge in [0.1, 0.15) is 5.69 Å². The number of hydrogen-bond donors (Lipinski definition) is 2. The lowest BCUT2D eigenvalue weighted by Gasteiger charge is -2.13. The molecule has 5 nitrogen and oxygen atoms in total. The predicted molar refractivity (Wildman–Crippen MR) is 92.2 cm³/mol. The third-order valence-electron chi connectivity index (χ3n) is 3.18. The number of rotatable bonds is 5. The number of hydrogen-bond acceptors (Lipinski definition) is 4. The van der Waals surface area contributed by atoms with Crippen molar-refractivity contribution < 1.29 is 4.79 Å². The molecular weight excluding hydrogens is 344 g/mol. The summed E-state index contributed by atoms with van der Waals surface area (Å²) in [6.45, 7) is 5.97. The Hall–Kier alpha value is -1.95. The molecule has 0 radical (unpaired) electrons. The van der Waals surface area contributed by atoms with Gasteiger partial charge in [0.2, 0.25) is 5.95 Å². The van der Waals surface area contributed by atoms with Gasteiger partial charge in [-0.25, -0.2) is 9.97 Å². The van der Waals surface area contributed by atoms with Gasteiger partial charge in [0.15, 0.2) is 0 Å². The maximum atomic E-state index is 12.3. The number of halogens is 1. The molecule has 1 atom stereocenters. The summed E-state index contributed by atoms with van der Waals surface area (Å²) in [7, 11) is 0. The minimum atomic E-state index is -0.250. The van der Waals surface area contributed by atoms with E-state index in [0.29, 0.717) is 11.6 Å². The van der Waals surface area contributed by atoms with Crippen molar-refractivity contribution >= 4 is 33.5 Å². The van der Waals surface area contributed by atoms with E-state index in [1.54, 1.807) is 6.07 Å². The molecule has 1 aromatic carbocycles. The third-order valence-corrected chi connectivity index (χ3v) is 3.71. The molecular formula is C16H19BrN4O. The second kappa shape index (κ2) is 7.35. The van der Waals surface area contributed by atoms with Crippen LogP contribution >= 0.6 is 15.9 Å². The molecule has 1 aromatic heterocycles. The lowest BCUT2D eigenvalue weighted by atomic mass is 10.2. The summed E-state index contributed by atoms with van der Waals surface area (Å²) in [6, 6.07) is 9.33. The highest BCUT2D eigenvalue weighted by atomic mass is 79.9. The number of aryl methyl sites for hydroxylation is 1. The fraction of sp³-hybridized carbons (Fsp3) is 0.312. The number of carbonyl (C=O) groups is 1. The molecule has 6 heteroatoms. The SMILES string of the molecule is CCC(C)Nc1nc(C)cc(C(=O)Nc2ccc(Br)cc2)n1. The van der Waals surface area contributed by atoms with Gasteiger partial charge in [-0.1, -0.05) is 22.9 Å². The second-order valence-corrected chi connectivity index (χ2v) is 6.05. The maximum absolute atomic E-state index is 12.3. The van der Waals surface area contributed by atoms with Crippen LogP contribution in [0.15, 0.2) is 34.8 Å². The van der Waals surface area contributed by atoms with E-state index in [9.17, 15) is 4.79 Å². The molecule has 1 amide bonds. The molecule has 0 spiro atoms. The number of benzene rings is 1. The van der Waals surface area contributed by atoms with Crippen LogP contribution in [0.5, 0.6) is 0 Å². The highest BCUT2D eigenvalue weighted by molar-refractivity contribution is 9.10. The topological polar surface area (TPSA) is 66.9 Å². The van der Waals surface area contributed by atoms with Crippen LogP contribution in [-0.2, 0) is 0 Å². The summed E-state index contributed by atoms with van der Waals surface area (Å²) < 4.78 is 0.961. The summed E-state index contributed by atoms with van der Waals surface area (Å²) in [6.07, 6.45) is 0.956. The van der Waals surface area contributed by atoms with Gasteiger partial charge in [0, 0.05) is 21.9 Å². The zero-order valence-electron chi connectivity index (χ0n) is 12.9. The fourth-order valence-corrected chi connectivity index (χ4v) is 2.06. The first kappa shape index (κ1) is 16.4. The Balaban J connectivity index is 2.16. The molecule has 22 heavy (non-hydrogen) atoms. The Morgan fingerprint density at radius 1 is 1.27 bits per heavy atom. The van der Waals surface area contributed by atoms with Crippen LogP contribution in [0.4, 0.5) is 11.6 Å². The van der Waals surface area contributed by atoms with Crippen molar-refractivity contribution in [2.24, 2.45) is 0 Å². The zero-order valence-corrected chi connectivity index (χ0v) is 14.4. The smallest absolute Gasteiger partial charge is 0.274 e. The normalized spacial score (nSPS) is 11.8. The van der Waals surface area contributed by atoms with Gasteiger partial charge in [0.25, 0.3) is 5.91 Å². The first-order chi connectivity index (χ1) is 10.5. The Morgan fingerprint density at radius 2 is 1.95 bits per heavy atom. The molecule has 2 aromatic rings. The van der Waals surface area contributed by atoms with E-state index in [1.807, 2.05) is 38.1 Å². The Kier molecular flexibility index (Phi) is 5.49. The van der Waals surface area contributed by atoms with Gasteiger partial charge in [-0.15, -0.1) is 0 Å². The van der Waals surface area contributed by atoms with Crippen LogP contribution in [0.25, 0.3) is 0 Å². The third kappa shape index (κ3) is 4.53. The Labute approximate surface area is 138 Å². The molecule has 0 bridgehead atoms. The average molecular weight is 363 g/mol. The summed E-state index contributed by atoms with van der Waals surface area (Å²) in [5, 5.41) is 6.02. The molecule has 0 fully saturated rings. The van der Waals surface area contributed by atoms with Gasteiger partial charge in [0.05, 0.1) is 0 Å². The van der Waals surface area contributed by atoms with E-state index in [4.69, 9.17) is 0 Å². The van der Waals surface area contributed by atoms with Crippen LogP contribution in [0.2, 0.25) is 0 Å². The summed E-state index contributed by atoms with van der Waals surface area (Å²) in [5.41, 5.74) is 1.82. The molecule has 1 unspecified atom stereocenters. The molecule has 0 aliphatic carbocycles. The lowest BCUT2D eigenvalue weighted by molar-refractivity contribution is 0.102. The molecule has 0 saturated heterocycles. The Bertz CT molecular complexity index is 658. The van der Waals surface area contributed by atoms with Crippen LogP contribution in [-0.4, -0.2) is 21.9 Å². The summed E-state index contributed by atoms with van der Waals surface area (Å²) in [5.74, 6) is 0.232. The van der Waals surface area contributed by atoms with E-state index in [2.05, 4.69) is 43.5 Å². The van der Waals surface area contributed by atoms with Crippen LogP contribution in [0, 0.1) is 6.92 Å². The van der Waals surface area contributed by atoms with E-state index in [1.165, 1.54) is 0 Å². The number of carbonyl (C=O) groups excluding carboxylic acids is 1. The van der Waals surface area contributed by atoms with Crippen LogP contribution in [0.1, 0.15) is 36.5 Å². The predicted octanol–water partition coefficient (Wildman–Crippen LogP) is 4.01. The van der Waals surface area contributed by atoms with E-state index in [0.717, 1.165) is 22.3 Å². The molecule has 2 rings (SSSR count). The molecule has 1 heterocycles. The fourth-order valence-electron chi connectivity index (χ4n) is 1.80. The number of amides is 1. The molecule has 0 aliphatic heterocycles. The van der Waals surface area contributed by atoms with Crippen molar-refractivity contribution in [2.45, 2.75) is 33.2 Å². The van der Waals surface area contributed by atoms with Gasteiger partial charge < -0.3 is 10.6 Å². The van der Waals surface area contributed by atoms with E-state index in [-0.39, 0.29) is 11.9 Å². The highest BCUT2D eigenvalue weighted by Gasteiger charge is 2.12. The molecule has 0 saturated carbocycles. The van der Waals surface area contributed by atoms with Crippen LogP contribution in [0.3, 0.4) is 0 Å². The lowest BCUT2D eigenvalue weighted by Crippen LogP contribution is -2.19. The molecule has 0 aliphatic rings. The summed E-state index contributed by atoms with van der Waals surface area (Å²) >= 11 is 3.36. The van der Waals surface area contributed by atoms with Crippen molar-refractivity contribution in [3.8, 4) is 0 Å². The summed E-state index contributed by atoms with van der Waals surface area (Å²) in [4.78, 5) is 20.9. The van der Waals surface area contributed by atoms with Gasteiger partial charge in [-0.2, -0.15) is 0 Å². The van der Waals surface area contributed by atoms with E-state index < -0.39 is 0 Å². The van der Waals surface area contributed by atoms with Crippen LogP contribution < -0.4 is 10.6 Å². The van der Waals surface area contributed by atoms with Gasteiger partial charge in [-0.3, -0.25) is 4.79 Å². The van der Waals surface area contributed by atoms with Gasteiger partial charge in [-0.05, 0) is 50.6 Å². The quantitative estimate of drug-likeness (QED) is 0.842. The van der Waals surface area contributed by atoms with Crippen molar-refractivity contribution in [3.63, 3.8) is 0 Å². The van der Waals surface area contributed by atoms with Crippen molar-refractivity contribution in [1.82, 2.24) is 9.97 Å². The number of nitrogens with one attached hydrogen (secondary N) is 2. The second-order valence-electron chi connectivity index (χ2n) is 5.13. The largest absolute Gasteiger partial charge is 0.352 e. The number of anilines is 2. The maximum Gasteiger partial charge on any atom is 0.274 e. The number of aromatic nitrogens is 2. The molecule has 116 valence electrons. The van der Waals surface area contributed by atoms with Gasteiger partial charge >= 0.3 is 0 Å². The Morgan fingerprint density at radius 3 is 2.59 bits per heavy atom. The zero-order chi connectivity index (χ0) is 16.1. The minimum Gasteiger partial charge on any atom is -0.352 e. The van der Waals surface area contributed by atoms with E-state index >= 15 is 0 Å². The standard InChI is InChI=1S/C16H19BrN4O/c1-4-10(2)18-16-19-11(3)9-14(21-16)15(22)20-13-7-5-12(17)6-8-13/h5-10H,4H2,1-3H3,(H,20,22)(H,18,19,21). The van der Waals surface area contributed by atoms with Crippen molar-refractivity contribution in [2.75, 3.05) is 10.6 Å². The number of nitrogens with zero attached hydrogens (tertiary/aromatic N) is 2. The van der Waals surface area contributed by atoms with Crippen molar-refractivity contribution in [3.05, 3.63) is 46.2 Å². The minimum absolute atomic E-state index is 0.250. The average Bonchev–Trinajstić information content (AvgIpc) is 2.48. The first-order valence-corrected chi connectivity index (χ1v) is 7.96. The monoisotopic (exact) mass is 362 g/mol. The highest BCUT2D eigenvalue weighted by Crippen LogP contribution is 2.15. The van der Waals surface area contributed by atoms with Crippen molar-refractivity contribution in [1.29, 1.82) is 0 Å². The first-order valence-electron chi connectivity index (χ1n) is 7.17. The molecule has 2 N–H and O–H groups in total.